The highest BCUT2D eigenvalue weighted by Gasteiger charge is 2.23. The fourth-order valence-corrected chi connectivity index (χ4v) is 10.4. The van der Waals surface area contributed by atoms with Crippen molar-refractivity contribution in [2.75, 3.05) is 0 Å². The van der Waals surface area contributed by atoms with Gasteiger partial charge >= 0.3 is 0 Å². The molecule has 11 aromatic rings. The van der Waals surface area contributed by atoms with Crippen LogP contribution in [0.3, 0.4) is 0 Å². The zero-order valence-corrected chi connectivity index (χ0v) is 30.6. The lowest BCUT2D eigenvalue weighted by Crippen LogP contribution is -2.02. The third-order valence-electron chi connectivity index (χ3n) is 10.5. The molecule has 0 aliphatic carbocycles. The molecular weight excluding hydrogens is 711 g/mol. The molecule has 0 aliphatic heterocycles. The van der Waals surface area contributed by atoms with Crippen molar-refractivity contribution in [2.45, 2.75) is 0 Å². The van der Waals surface area contributed by atoms with Gasteiger partial charge in [0.15, 0.2) is 5.82 Å². The molecule has 0 aliphatic rings. The van der Waals surface area contributed by atoms with Crippen molar-refractivity contribution in [1.29, 1.82) is 10.5 Å². The lowest BCUT2D eigenvalue weighted by Gasteiger charge is -2.15. The predicted molar refractivity (Wildman–Crippen MR) is 228 cm³/mol. The van der Waals surface area contributed by atoms with Crippen LogP contribution in [0.25, 0.3) is 102 Å². The maximum Gasteiger partial charge on any atom is 0.160 e. The lowest BCUT2D eigenvalue weighted by atomic mass is 9.98. The molecular formula is C48H25N5S2. The highest BCUT2D eigenvalue weighted by Crippen LogP contribution is 2.44. The second kappa shape index (κ2) is 12.2. The summed E-state index contributed by atoms with van der Waals surface area (Å²) in [6, 6.07) is 56.7. The number of thiophene rings is 2. The van der Waals surface area contributed by atoms with Gasteiger partial charge in [0.2, 0.25) is 0 Å². The lowest BCUT2D eigenvalue weighted by molar-refractivity contribution is 1.16. The maximum atomic E-state index is 10.9. The van der Waals surface area contributed by atoms with E-state index in [-0.39, 0.29) is 0 Å². The minimum Gasteiger partial charge on any atom is -0.306 e. The number of para-hydroxylation sites is 1. The summed E-state index contributed by atoms with van der Waals surface area (Å²) in [7, 11) is 0. The monoisotopic (exact) mass is 735 g/mol. The molecule has 0 fully saturated rings. The summed E-state index contributed by atoms with van der Waals surface area (Å²) in [5, 5.41) is 28.7. The van der Waals surface area contributed by atoms with E-state index in [4.69, 9.17) is 9.97 Å². The van der Waals surface area contributed by atoms with Gasteiger partial charge in [-0.05, 0) is 36.4 Å². The summed E-state index contributed by atoms with van der Waals surface area (Å²) in [6.07, 6.45) is 0. The fourth-order valence-electron chi connectivity index (χ4n) is 8.02. The number of nitriles is 2. The average molecular weight is 736 g/mol. The van der Waals surface area contributed by atoms with E-state index >= 15 is 0 Å². The van der Waals surface area contributed by atoms with Crippen LogP contribution >= 0.6 is 22.7 Å². The molecule has 4 heterocycles. The number of rotatable bonds is 4. The molecule has 0 atom stereocenters. The Morgan fingerprint density at radius 1 is 0.473 bits per heavy atom. The standard InChI is InChI=1S/C48H25N5S2/c49-26-31-24-29(19-23-39(31)53-40-15-7-4-12-32(40)36-21-22-37-34-14-6-9-17-42(34)55-47(37)46(36)53)45-38(27-50)44(28-10-2-1-3-11-28)51-48(52-45)30-18-20-35-33-13-5-8-16-41(33)54-43(35)25-30/h1-25H. The van der Waals surface area contributed by atoms with E-state index in [1.165, 1.54) is 35.6 Å². The second-order valence-corrected chi connectivity index (χ2v) is 15.7. The number of hydrogen-bond acceptors (Lipinski definition) is 6. The molecule has 11 rings (SSSR count). The number of aromatic nitrogens is 3. The fraction of sp³-hybridized carbons (Fsp3) is 0. The van der Waals surface area contributed by atoms with Gasteiger partial charge in [0.05, 0.1) is 38.4 Å². The van der Waals surface area contributed by atoms with Gasteiger partial charge in [-0.15, -0.1) is 22.7 Å². The minimum absolute atomic E-state index is 0.360. The van der Waals surface area contributed by atoms with Crippen LogP contribution in [0.1, 0.15) is 11.1 Å². The molecule has 0 saturated carbocycles. The van der Waals surface area contributed by atoms with E-state index in [9.17, 15) is 10.5 Å². The number of benzene rings is 7. The van der Waals surface area contributed by atoms with Crippen LogP contribution in [0.15, 0.2) is 152 Å². The molecule has 0 amide bonds. The second-order valence-electron chi connectivity index (χ2n) is 13.5. The number of nitrogens with zero attached hydrogens (tertiary/aromatic N) is 5. The van der Waals surface area contributed by atoms with Crippen molar-refractivity contribution >= 4 is 84.8 Å². The van der Waals surface area contributed by atoms with E-state index < -0.39 is 0 Å². The van der Waals surface area contributed by atoms with Crippen molar-refractivity contribution in [3.63, 3.8) is 0 Å². The summed E-state index contributed by atoms with van der Waals surface area (Å²) >= 11 is 3.52. The molecule has 254 valence electrons. The summed E-state index contributed by atoms with van der Waals surface area (Å²) in [4.78, 5) is 10.2. The Morgan fingerprint density at radius 3 is 1.87 bits per heavy atom. The van der Waals surface area contributed by atoms with Crippen LogP contribution < -0.4 is 0 Å². The third kappa shape index (κ3) is 4.75. The average Bonchev–Trinajstić information content (AvgIpc) is 3.92. The molecule has 0 saturated heterocycles. The van der Waals surface area contributed by atoms with E-state index in [1.54, 1.807) is 22.7 Å². The van der Waals surface area contributed by atoms with E-state index in [0.29, 0.717) is 33.9 Å². The number of fused-ring (bicyclic) bond motifs is 10. The molecule has 4 aromatic heterocycles. The van der Waals surface area contributed by atoms with Crippen LogP contribution in [0.2, 0.25) is 0 Å². The van der Waals surface area contributed by atoms with Crippen molar-refractivity contribution in [1.82, 2.24) is 14.5 Å². The molecule has 0 bridgehead atoms. The summed E-state index contributed by atoms with van der Waals surface area (Å²) in [6.45, 7) is 0. The SMILES string of the molecule is N#Cc1cc(-c2nc(-c3ccc4c(c3)sc3ccccc34)nc(-c3ccccc3)c2C#N)ccc1-n1c2ccccc2c2ccc3c4ccccc4sc3c21. The Kier molecular flexibility index (Phi) is 6.96. The van der Waals surface area contributed by atoms with E-state index in [0.717, 1.165) is 43.3 Å². The molecule has 5 nitrogen and oxygen atoms in total. The van der Waals surface area contributed by atoms with Gasteiger partial charge in [-0.3, -0.25) is 0 Å². The zero-order chi connectivity index (χ0) is 36.6. The normalized spacial score (nSPS) is 11.6. The Labute approximate surface area is 322 Å². The quantitative estimate of drug-likeness (QED) is 0.180. The van der Waals surface area contributed by atoms with Crippen LogP contribution in [0, 0.1) is 22.7 Å². The van der Waals surface area contributed by atoms with Crippen LogP contribution in [0.5, 0.6) is 0 Å². The van der Waals surface area contributed by atoms with Crippen molar-refractivity contribution < 1.29 is 0 Å². The van der Waals surface area contributed by atoms with Crippen LogP contribution in [0.4, 0.5) is 0 Å². The molecule has 0 radical (unpaired) electrons. The Hall–Kier alpha value is -7.16. The van der Waals surface area contributed by atoms with Crippen molar-refractivity contribution in [3.8, 4) is 51.7 Å². The van der Waals surface area contributed by atoms with Crippen molar-refractivity contribution in [2.24, 2.45) is 0 Å². The third-order valence-corrected chi connectivity index (χ3v) is 12.8. The van der Waals surface area contributed by atoms with Gasteiger partial charge in [-0.25, -0.2) is 9.97 Å². The van der Waals surface area contributed by atoms with E-state index in [1.807, 2.05) is 54.6 Å². The topological polar surface area (TPSA) is 78.3 Å². The Balaban J connectivity index is 1.15. The van der Waals surface area contributed by atoms with Crippen LogP contribution in [-0.2, 0) is 0 Å². The van der Waals surface area contributed by atoms with Crippen molar-refractivity contribution in [3.05, 3.63) is 163 Å². The summed E-state index contributed by atoms with van der Waals surface area (Å²) < 4.78 is 7.00. The summed E-state index contributed by atoms with van der Waals surface area (Å²) in [5.74, 6) is 0.518. The maximum absolute atomic E-state index is 10.9. The van der Waals surface area contributed by atoms with E-state index in [2.05, 4.69) is 114 Å². The largest absolute Gasteiger partial charge is 0.306 e. The Bertz CT molecular complexity index is 3470. The van der Waals surface area contributed by atoms with Gasteiger partial charge in [0.25, 0.3) is 0 Å². The molecule has 0 spiro atoms. The molecule has 7 aromatic carbocycles. The molecule has 55 heavy (non-hydrogen) atoms. The molecule has 0 unspecified atom stereocenters. The first-order valence-electron chi connectivity index (χ1n) is 17.9. The Morgan fingerprint density at radius 2 is 1.09 bits per heavy atom. The first kappa shape index (κ1) is 31.4. The predicted octanol–water partition coefficient (Wildman–Crippen LogP) is 13.1. The van der Waals surface area contributed by atoms with Gasteiger partial charge in [-0.1, -0.05) is 115 Å². The first-order valence-corrected chi connectivity index (χ1v) is 19.5. The van der Waals surface area contributed by atoms with Crippen LogP contribution in [-0.4, -0.2) is 14.5 Å². The van der Waals surface area contributed by atoms with Gasteiger partial charge in [0, 0.05) is 63.1 Å². The van der Waals surface area contributed by atoms with Gasteiger partial charge in [-0.2, -0.15) is 10.5 Å². The highest BCUT2D eigenvalue weighted by atomic mass is 32.1. The minimum atomic E-state index is 0.360. The zero-order valence-electron chi connectivity index (χ0n) is 29.0. The smallest absolute Gasteiger partial charge is 0.160 e. The molecule has 7 heteroatoms. The summed E-state index contributed by atoms with van der Waals surface area (Å²) in [5.41, 5.74) is 7.11. The number of hydrogen-bond donors (Lipinski definition) is 0. The highest BCUT2D eigenvalue weighted by molar-refractivity contribution is 7.26. The first-order chi connectivity index (χ1) is 27.2. The van der Waals surface area contributed by atoms with Gasteiger partial charge in [0.1, 0.15) is 17.7 Å². The molecule has 0 N–H and O–H groups in total. The van der Waals surface area contributed by atoms with Gasteiger partial charge < -0.3 is 4.57 Å².